The van der Waals surface area contributed by atoms with Crippen LogP contribution >= 0.6 is 0 Å². The Hall–Kier alpha value is -3.91. The Labute approximate surface area is 191 Å². The van der Waals surface area contributed by atoms with Gasteiger partial charge in [0.2, 0.25) is 0 Å². The van der Waals surface area contributed by atoms with Crippen LogP contribution in [0.15, 0.2) is 54.7 Å². The molecule has 33 heavy (non-hydrogen) atoms. The van der Waals surface area contributed by atoms with Gasteiger partial charge < -0.3 is 25.1 Å². The molecule has 1 aliphatic rings. The zero-order chi connectivity index (χ0) is 22.4. The number of fused-ring (bicyclic) bond motifs is 2. The van der Waals surface area contributed by atoms with E-state index in [0.29, 0.717) is 0 Å². The van der Waals surface area contributed by atoms with E-state index in [2.05, 4.69) is 67.4 Å². The number of nitrogens with one attached hydrogen (secondary N) is 3. The summed E-state index contributed by atoms with van der Waals surface area (Å²) >= 11 is 0. The van der Waals surface area contributed by atoms with Crippen LogP contribution in [0.25, 0.3) is 45.0 Å². The molecular formula is C25H26N8. The fourth-order valence-electron chi connectivity index (χ4n) is 4.39. The highest BCUT2D eigenvalue weighted by atomic mass is 15.2. The van der Waals surface area contributed by atoms with Crippen LogP contribution in [-0.2, 0) is 0 Å². The third-order valence-corrected chi connectivity index (χ3v) is 6.38. The smallest absolute Gasteiger partial charge is 0.157 e. The summed E-state index contributed by atoms with van der Waals surface area (Å²) in [5.41, 5.74) is 7.96. The number of hydrogen-bond donors (Lipinski definition) is 3. The summed E-state index contributed by atoms with van der Waals surface area (Å²) in [5.74, 6) is 1.61. The number of piperazine rings is 1. The molecule has 8 nitrogen and oxygen atoms in total. The van der Waals surface area contributed by atoms with Crippen LogP contribution in [0.5, 0.6) is 0 Å². The predicted octanol–water partition coefficient (Wildman–Crippen LogP) is 3.96. The lowest BCUT2D eigenvalue weighted by Crippen LogP contribution is -2.44. The first-order chi connectivity index (χ1) is 16.2. The number of benzene rings is 2. The molecule has 0 saturated carbocycles. The summed E-state index contributed by atoms with van der Waals surface area (Å²) in [6.07, 6.45) is 1.78. The summed E-state index contributed by atoms with van der Waals surface area (Å²) in [6, 6.07) is 16.6. The van der Waals surface area contributed by atoms with Gasteiger partial charge in [-0.2, -0.15) is 0 Å². The number of imidazole rings is 2. The summed E-state index contributed by atoms with van der Waals surface area (Å²) in [6.45, 7) is 4.28. The van der Waals surface area contributed by atoms with Crippen LogP contribution < -0.4 is 10.2 Å². The molecule has 0 radical (unpaired) electrons. The van der Waals surface area contributed by atoms with Gasteiger partial charge in [0.1, 0.15) is 11.5 Å². The van der Waals surface area contributed by atoms with E-state index in [1.165, 1.54) is 5.69 Å². The van der Waals surface area contributed by atoms with Gasteiger partial charge in [0, 0.05) is 56.4 Å². The number of pyridine rings is 1. The molecule has 0 spiro atoms. The summed E-state index contributed by atoms with van der Waals surface area (Å²) in [7, 11) is 4.07. The first-order valence-electron chi connectivity index (χ1n) is 11.2. The highest BCUT2D eigenvalue weighted by Gasteiger charge is 2.16. The van der Waals surface area contributed by atoms with Crippen molar-refractivity contribution in [3.8, 4) is 22.9 Å². The molecule has 0 unspecified atom stereocenters. The van der Waals surface area contributed by atoms with Crippen LogP contribution in [0.2, 0.25) is 0 Å². The normalized spacial score (nSPS) is 14.9. The molecule has 8 heteroatoms. The largest absolute Gasteiger partial charge is 0.388 e. The number of aromatic amines is 2. The van der Waals surface area contributed by atoms with E-state index in [-0.39, 0.29) is 0 Å². The van der Waals surface area contributed by atoms with Crippen molar-refractivity contribution in [3.05, 3.63) is 54.7 Å². The van der Waals surface area contributed by atoms with Crippen molar-refractivity contribution in [2.45, 2.75) is 0 Å². The Morgan fingerprint density at radius 3 is 2.36 bits per heavy atom. The number of nitrogens with zero attached hydrogens (tertiary/aromatic N) is 5. The molecular weight excluding hydrogens is 412 g/mol. The maximum Gasteiger partial charge on any atom is 0.157 e. The number of H-pyrrole nitrogens is 2. The molecule has 3 N–H and O–H groups in total. The molecule has 3 aromatic heterocycles. The first kappa shape index (κ1) is 19.8. The molecule has 1 fully saturated rings. The van der Waals surface area contributed by atoms with Crippen molar-refractivity contribution >= 4 is 33.4 Å². The fourth-order valence-corrected chi connectivity index (χ4v) is 4.39. The first-order valence-corrected chi connectivity index (χ1v) is 11.2. The van der Waals surface area contributed by atoms with Crippen molar-refractivity contribution in [3.63, 3.8) is 0 Å². The van der Waals surface area contributed by atoms with Crippen LogP contribution in [0.1, 0.15) is 0 Å². The maximum atomic E-state index is 4.84. The molecule has 1 saturated heterocycles. The molecule has 0 atom stereocenters. The maximum absolute atomic E-state index is 4.84. The average molecular weight is 439 g/mol. The van der Waals surface area contributed by atoms with E-state index in [1.807, 2.05) is 25.2 Å². The van der Waals surface area contributed by atoms with E-state index in [1.54, 1.807) is 6.20 Å². The third-order valence-electron chi connectivity index (χ3n) is 6.38. The Morgan fingerprint density at radius 2 is 1.55 bits per heavy atom. The number of aromatic nitrogens is 5. The molecule has 166 valence electrons. The summed E-state index contributed by atoms with van der Waals surface area (Å²) < 4.78 is 0. The van der Waals surface area contributed by atoms with Gasteiger partial charge in [0.05, 0.1) is 22.1 Å². The highest BCUT2D eigenvalue weighted by molar-refractivity contribution is 5.87. The van der Waals surface area contributed by atoms with Crippen molar-refractivity contribution in [1.82, 2.24) is 29.8 Å². The van der Waals surface area contributed by atoms with Gasteiger partial charge in [-0.1, -0.05) is 0 Å². The van der Waals surface area contributed by atoms with E-state index >= 15 is 0 Å². The van der Waals surface area contributed by atoms with Crippen LogP contribution in [0.3, 0.4) is 0 Å². The molecule has 0 amide bonds. The molecule has 4 heterocycles. The van der Waals surface area contributed by atoms with Crippen molar-refractivity contribution < 1.29 is 0 Å². The van der Waals surface area contributed by atoms with Gasteiger partial charge in [-0.15, -0.1) is 0 Å². The SMILES string of the molecule is CNc1ccnc(-c2nc3ccc(-c4nc5ccc(N6CCN(C)CC6)cc5[nH]4)cc3[nH]2)c1. The number of likely N-dealkylation sites (N-methyl/N-ethyl adjacent to an activating group) is 1. The van der Waals surface area contributed by atoms with E-state index in [0.717, 1.165) is 76.8 Å². The van der Waals surface area contributed by atoms with Gasteiger partial charge >= 0.3 is 0 Å². The molecule has 0 aliphatic carbocycles. The molecule has 6 rings (SSSR count). The number of hydrogen-bond acceptors (Lipinski definition) is 6. The van der Waals surface area contributed by atoms with Crippen LogP contribution in [0, 0.1) is 0 Å². The standard InChI is InChI=1S/C25H26N8/c1-26-17-7-8-27-23(14-17)25-29-19-5-3-16(13-21(19)31-25)24-28-20-6-4-18(15-22(20)30-24)33-11-9-32(2)10-12-33/h3-8,13-15H,9-12H2,1-2H3,(H,26,27)(H,28,30)(H,29,31). The molecule has 2 aromatic carbocycles. The zero-order valence-corrected chi connectivity index (χ0v) is 18.8. The minimum absolute atomic E-state index is 0.751. The number of anilines is 2. The number of rotatable bonds is 4. The Kier molecular flexibility index (Phi) is 4.73. The lowest BCUT2D eigenvalue weighted by Gasteiger charge is -2.34. The van der Waals surface area contributed by atoms with E-state index in [4.69, 9.17) is 9.97 Å². The summed E-state index contributed by atoms with van der Waals surface area (Å²) in [5, 5.41) is 3.14. The molecule has 5 aromatic rings. The highest BCUT2D eigenvalue weighted by Crippen LogP contribution is 2.28. The average Bonchev–Trinajstić information content (AvgIpc) is 3.48. The lowest BCUT2D eigenvalue weighted by molar-refractivity contribution is 0.313. The van der Waals surface area contributed by atoms with Gasteiger partial charge in [0.15, 0.2) is 5.82 Å². The minimum Gasteiger partial charge on any atom is -0.388 e. The quantitative estimate of drug-likeness (QED) is 0.394. The zero-order valence-electron chi connectivity index (χ0n) is 18.8. The summed E-state index contributed by atoms with van der Waals surface area (Å²) in [4.78, 5) is 25.7. The Balaban J connectivity index is 1.32. The topological polar surface area (TPSA) is 88.8 Å². The van der Waals surface area contributed by atoms with Crippen LogP contribution in [-0.4, -0.2) is 70.1 Å². The van der Waals surface area contributed by atoms with Crippen LogP contribution in [0.4, 0.5) is 11.4 Å². The predicted molar refractivity (Wildman–Crippen MR) is 134 cm³/mol. The Morgan fingerprint density at radius 1 is 0.818 bits per heavy atom. The molecule has 1 aliphatic heterocycles. The fraction of sp³-hybridized carbons (Fsp3) is 0.240. The van der Waals surface area contributed by atoms with Gasteiger partial charge in [-0.05, 0) is 55.6 Å². The van der Waals surface area contributed by atoms with Gasteiger partial charge in [-0.3, -0.25) is 4.98 Å². The minimum atomic E-state index is 0.751. The van der Waals surface area contributed by atoms with Crippen molar-refractivity contribution in [2.75, 3.05) is 50.5 Å². The van der Waals surface area contributed by atoms with Gasteiger partial charge in [-0.25, -0.2) is 9.97 Å². The second kappa shape index (κ2) is 7.90. The van der Waals surface area contributed by atoms with E-state index in [9.17, 15) is 0 Å². The monoisotopic (exact) mass is 438 g/mol. The van der Waals surface area contributed by atoms with Crippen molar-refractivity contribution in [1.29, 1.82) is 0 Å². The lowest BCUT2D eigenvalue weighted by atomic mass is 10.2. The molecule has 0 bridgehead atoms. The third kappa shape index (κ3) is 3.68. The second-order valence-corrected chi connectivity index (χ2v) is 8.57. The second-order valence-electron chi connectivity index (χ2n) is 8.57. The Bertz CT molecular complexity index is 1440. The van der Waals surface area contributed by atoms with Gasteiger partial charge in [0.25, 0.3) is 0 Å². The van der Waals surface area contributed by atoms with E-state index < -0.39 is 0 Å². The van der Waals surface area contributed by atoms with Crippen molar-refractivity contribution in [2.24, 2.45) is 0 Å².